The molecule has 0 spiro atoms. The van der Waals surface area contributed by atoms with Crippen LogP contribution >= 0.6 is 11.6 Å². The van der Waals surface area contributed by atoms with E-state index in [-0.39, 0.29) is 17.9 Å². The van der Waals surface area contributed by atoms with E-state index in [9.17, 15) is 18.0 Å². The van der Waals surface area contributed by atoms with E-state index in [4.69, 9.17) is 16.3 Å². The number of rotatable bonds is 5. The van der Waals surface area contributed by atoms with E-state index in [0.29, 0.717) is 10.8 Å². The van der Waals surface area contributed by atoms with Crippen LogP contribution in [0.25, 0.3) is 5.69 Å². The minimum atomic E-state index is -4.93. The van der Waals surface area contributed by atoms with E-state index >= 15 is 0 Å². The Morgan fingerprint density at radius 1 is 1.10 bits per heavy atom. The minimum Gasteiger partial charge on any atom is -0.488 e. The minimum absolute atomic E-state index is 0.0245. The Bertz CT molecular complexity index is 1110. The normalized spacial score (nSPS) is 11.6. The predicted octanol–water partition coefficient (Wildman–Crippen LogP) is 3.71. The molecule has 0 fully saturated rings. The molecule has 0 saturated carbocycles. The fraction of sp³-hybridized carbons (Fsp3) is 0.278. The number of hydrogen-bond donors (Lipinski definition) is 0. The molecule has 0 aliphatic heterocycles. The van der Waals surface area contributed by atoms with Gasteiger partial charge in [-0.15, -0.1) is 13.2 Å². The fourth-order valence-electron chi connectivity index (χ4n) is 2.70. The number of alkyl halides is 3. The molecule has 2 aromatic carbocycles. The molecule has 0 atom stereocenters. The Labute approximate surface area is 168 Å². The first kappa shape index (κ1) is 20.7. The zero-order valence-corrected chi connectivity index (χ0v) is 16.4. The van der Waals surface area contributed by atoms with Gasteiger partial charge in [-0.2, -0.15) is 9.36 Å². The highest BCUT2D eigenvalue weighted by Crippen LogP contribution is 2.32. The van der Waals surface area contributed by atoms with Crippen LogP contribution in [0.4, 0.5) is 13.2 Å². The molecule has 154 valence electrons. The summed E-state index contributed by atoms with van der Waals surface area (Å²) >= 11 is 6.12. The van der Waals surface area contributed by atoms with Gasteiger partial charge in [0.05, 0.1) is 11.3 Å². The Kier molecular flexibility index (Phi) is 5.56. The highest BCUT2D eigenvalue weighted by atomic mass is 35.5. The lowest BCUT2D eigenvalue weighted by Crippen LogP contribution is -2.24. The van der Waals surface area contributed by atoms with Gasteiger partial charge in [-0.05, 0) is 53.6 Å². The topological polar surface area (TPSA) is 71.2 Å². The number of tetrazole rings is 1. The second-order valence-corrected chi connectivity index (χ2v) is 6.66. The van der Waals surface area contributed by atoms with Crippen molar-refractivity contribution in [3.05, 3.63) is 62.5 Å². The number of nitrogens with zero attached hydrogens (tertiary/aromatic N) is 4. The molecule has 1 heterocycles. The van der Waals surface area contributed by atoms with Crippen molar-refractivity contribution in [2.24, 2.45) is 7.05 Å². The lowest BCUT2D eigenvalue weighted by atomic mass is 10.1. The molecule has 0 amide bonds. The van der Waals surface area contributed by atoms with Crippen molar-refractivity contribution in [2.45, 2.75) is 26.8 Å². The molecule has 11 heteroatoms. The van der Waals surface area contributed by atoms with Crippen molar-refractivity contribution < 1.29 is 22.6 Å². The summed E-state index contributed by atoms with van der Waals surface area (Å²) in [5.74, 6) is -0.122. The highest BCUT2D eigenvalue weighted by molar-refractivity contribution is 6.31. The average Bonchev–Trinajstić information content (AvgIpc) is 2.95. The second-order valence-electron chi connectivity index (χ2n) is 6.25. The van der Waals surface area contributed by atoms with Gasteiger partial charge in [-0.1, -0.05) is 23.7 Å². The van der Waals surface area contributed by atoms with E-state index in [1.807, 2.05) is 6.92 Å². The van der Waals surface area contributed by atoms with Crippen LogP contribution in [0.5, 0.6) is 11.5 Å². The molecule has 3 rings (SSSR count). The van der Waals surface area contributed by atoms with E-state index in [1.165, 1.54) is 19.2 Å². The summed E-state index contributed by atoms with van der Waals surface area (Å²) in [6.45, 7) is 3.28. The zero-order valence-electron chi connectivity index (χ0n) is 15.6. The van der Waals surface area contributed by atoms with Gasteiger partial charge >= 0.3 is 12.1 Å². The quantitative estimate of drug-likeness (QED) is 0.619. The van der Waals surface area contributed by atoms with Crippen molar-refractivity contribution >= 4 is 11.6 Å². The molecule has 3 aromatic rings. The molecule has 7 nitrogen and oxygen atoms in total. The summed E-state index contributed by atoms with van der Waals surface area (Å²) in [6, 6.07) is 7.24. The van der Waals surface area contributed by atoms with Gasteiger partial charge < -0.3 is 9.47 Å². The lowest BCUT2D eigenvalue weighted by Gasteiger charge is -2.17. The first-order valence-corrected chi connectivity index (χ1v) is 8.71. The zero-order chi connectivity index (χ0) is 21.3. The number of hydrogen-bond acceptors (Lipinski definition) is 5. The molecular weight excluding hydrogens is 413 g/mol. The van der Waals surface area contributed by atoms with Crippen LogP contribution in [0.15, 0.2) is 35.1 Å². The third-order valence-corrected chi connectivity index (χ3v) is 4.52. The van der Waals surface area contributed by atoms with E-state index in [2.05, 4.69) is 15.2 Å². The van der Waals surface area contributed by atoms with Crippen LogP contribution in [0, 0.1) is 13.8 Å². The highest BCUT2D eigenvalue weighted by Gasteiger charge is 2.33. The average molecular weight is 429 g/mol. The summed E-state index contributed by atoms with van der Waals surface area (Å²) in [5, 5.41) is 7.73. The van der Waals surface area contributed by atoms with Gasteiger partial charge in [0, 0.05) is 12.1 Å². The molecular formula is C18H16ClF3N4O3. The largest absolute Gasteiger partial charge is 0.573 e. The van der Waals surface area contributed by atoms with Gasteiger partial charge in [0.25, 0.3) is 0 Å². The number of ether oxygens (including phenoxy) is 2. The number of halogens is 4. The van der Waals surface area contributed by atoms with E-state index in [1.54, 1.807) is 19.1 Å². The van der Waals surface area contributed by atoms with Crippen LogP contribution in [-0.2, 0) is 13.7 Å². The monoisotopic (exact) mass is 428 g/mol. The summed E-state index contributed by atoms with van der Waals surface area (Å²) in [6.07, 6.45) is -4.93. The summed E-state index contributed by atoms with van der Waals surface area (Å²) in [7, 11) is 1.37. The SMILES string of the molecule is Cc1cc(C)c(OCc2c(OC(F)(F)F)cccc2-n2nnn(C)c2=O)cc1Cl. The van der Waals surface area contributed by atoms with Gasteiger partial charge in [-0.3, -0.25) is 0 Å². The molecule has 0 bridgehead atoms. The van der Waals surface area contributed by atoms with Crippen molar-refractivity contribution in [3.63, 3.8) is 0 Å². The van der Waals surface area contributed by atoms with Crippen LogP contribution in [0.3, 0.4) is 0 Å². The van der Waals surface area contributed by atoms with Crippen molar-refractivity contribution in [1.29, 1.82) is 0 Å². The maximum absolute atomic E-state index is 12.9. The first-order valence-electron chi connectivity index (χ1n) is 8.33. The van der Waals surface area contributed by atoms with Gasteiger partial charge in [0.1, 0.15) is 18.1 Å². The Morgan fingerprint density at radius 3 is 2.45 bits per heavy atom. The smallest absolute Gasteiger partial charge is 0.488 e. The van der Waals surface area contributed by atoms with Crippen LogP contribution in [0.2, 0.25) is 5.02 Å². The third-order valence-electron chi connectivity index (χ3n) is 4.11. The van der Waals surface area contributed by atoms with E-state index < -0.39 is 17.8 Å². The summed E-state index contributed by atoms with van der Waals surface area (Å²) < 4.78 is 50.3. The molecule has 0 saturated heterocycles. The second kappa shape index (κ2) is 7.78. The molecule has 0 N–H and O–H groups in total. The van der Waals surface area contributed by atoms with Crippen molar-refractivity contribution in [1.82, 2.24) is 19.8 Å². The van der Waals surface area contributed by atoms with E-state index in [0.717, 1.165) is 26.6 Å². The van der Waals surface area contributed by atoms with Gasteiger partial charge in [0.15, 0.2) is 0 Å². The Morgan fingerprint density at radius 2 is 1.83 bits per heavy atom. The first-order chi connectivity index (χ1) is 13.6. The van der Waals surface area contributed by atoms with Crippen LogP contribution in [-0.4, -0.2) is 26.2 Å². The number of benzene rings is 2. The summed E-state index contributed by atoms with van der Waals surface area (Å²) in [5.41, 5.74) is 0.984. The maximum atomic E-state index is 12.9. The van der Waals surface area contributed by atoms with Crippen molar-refractivity contribution in [2.75, 3.05) is 0 Å². The number of aromatic nitrogens is 4. The molecule has 0 unspecified atom stereocenters. The van der Waals surface area contributed by atoms with Crippen LogP contribution in [0.1, 0.15) is 16.7 Å². The Balaban J connectivity index is 2.06. The number of aryl methyl sites for hydroxylation is 3. The van der Waals surface area contributed by atoms with Gasteiger partial charge in [0.2, 0.25) is 0 Å². The standard InChI is InChI=1S/C18H16ClF3N4O3/c1-10-7-11(2)16(8-13(10)19)28-9-12-14(26-17(27)25(3)23-24-26)5-4-6-15(12)29-18(20,21)22/h4-8H,9H2,1-3H3. The molecule has 1 aromatic heterocycles. The molecule has 0 radical (unpaired) electrons. The molecule has 0 aliphatic carbocycles. The summed E-state index contributed by atoms with van der Waals surface area (Å²) in [4.78, 5) is 12.2. The molecule has 0 aliphatic rings. The Hall–Kier alpha value is -3.01. The fourth-order valence-corrected chi connectivity index (χ4v) is 2.85. The van der Waals surface area contributed by atoms with Crippen molar-refractivity contribution in [3.8, 4) is 17.2 Å². The maximum Gasteiger partial charge on any atom is 0.573 e. The van der Waals surface area contributed by atoms with Crippen LogP contribution < -0.4 is 15.2 Å². The predicted molar refractivity (Wildman–Crippen MR) is 98.5 cm³/mol. The third kappa shape index (κ3) is 4.53. The molecule has 29 heavy (non-hydrogen) atoms. The lowest BCUT2D eigenvalue weighted by molar-refractivity contribution is -0.275. The van der Waals surface area contributed by atoms with Gasteiger partial charge in [-0.25, -0.2) is 4.79 Å².